The molecular weight excluding hydrogens is 331 g/mol. The number of hydrogen-bond acceptors (Lipinski definition) is 7. The van der Waals surface area contributed by atoms with Gasteiger partial charge < -0.3 is 24.1 Å². The summed E-state index contributed by atoms with van der Waals surface area (Å²) in [6, 6.07) is 1.86. The first kappa shape index (κ1) is 18.9. The maximum Gasteiger partial charge on any atom is 0.356 e. The number of nitrogens with zero attached hydrogens (tertiary/aromatic N) is 3. The Balaban J connectivity index is 1.92. The lowest BCUT2D eigenvalue weighted by Gasteiger charge is -2.22. The van der Waals surface area contributed by atoms with Crippen LogP contribution < -0.4 is 5.73 Å². The molecule has 0 amide bonds. The quantitative estimate of drug-likeness (QED) is 0.544. The first-order valence-electron chi connectivity index (χ1n) is 7.89. The molecule has 8 nitrogen and oxygen atoms in total. The lowest BCUT2D eigenvalue weighted by atomic mass is 10.4. The summed E-state index contributed by atoms with van der Waals surface area (Å²) in [6.45, 7) is 8.14. The number of nitrogens with two attached hydrogens (primary N) is 1. The van der Waals surface area contributed by atoms with E-state index in [0.717, 1.165) is 11.0 Å². The summed E-state index contributed by atoms with van der Waals surface area (Å²) in [5, 5.41) is 0.800. The van der Waals surface area contributed by atoms with Gasteiger partial charge in [0.25, 0.3) is 0 Å². The molecule has 2 N–H and O–H groups in total. The van der Waals surface area contributed by atoms with E-state index in [1.807, 2.05) is 44.5 Å². The molecule has 0 atom stereocenters. The number of anilines is 1. The standard InChI is InChI=1S/C15H25N4O4P/c1-11(2)22-24(20,23-12(3)4)10-21-8-7-19-6-5-13-14(16)17-9-18-15(13)19/h5-6,9,11-12H,7-8,10H2,1-4H3,(H2,16,17,18). The van der Waals surface area contributed by atoms with Crippen molar-refractivity contribution in [3.8, 4) is 0 Å². The summed E-state index contributed by atoms with van der Waals surface area (Å²) >= 11 is 0. The van der Waals surface area contributed by atoms with Crippen LogP contribution in [0.1, 0.15) is 27.7 Å². The van der Waals surface area contributed by atoms with Gasteiger partial charge in [-0.05, 0) is 33.8 Å². The molecule has 0 aliphatic rings. The van der Waals surface area contributed by atoms with Crippen molar-refractivity contribution in [1.29, 1.82) is 0 Å². The van der Waals surface area contributed by atoms with Gasteiger partial charge in [-0.1, -0.05) is 0 Å². The summed E-state index contributed by atoms with van der Waals surface area (Å²) in [7, 11) is -3.27. The lowest BCUT2D eigenvalue weighted by molar-refractivity contribution is 0.0961. The van der Waals surface area contributed by atoms with Crippen LogP contribution in [-0.4, -0.2) is 39.7 Å². The van der Waals surface area contributed by atoms with Gasteiger partial charge >= 0.3 is 7.60 Å². The summed E-state index contributed by atoms with van der Waals surface area (Å²) < 4.78 is 31.0. The van der Waals surface area contributed by atoms with Gasteiger partial charge in [0, 0.05) is 12.7 Å². The van der Waals surface area contributed by atoms with Crippen LogP contribution in [0.3, 0.4) is 0 Å². The molecule has 2 aromatic heterocycles. The normalized spacial score (nSPS) is 12.6. The van der Waals surface area contributed by atoms with E-state index in [0.29, 0.717) is 19.0 Å². The topological polar surface area (TPSA) is 101 Å². The summed E-state index contributed by atoms with van der Waals surface area (Å²) in [4.78, 5) is 8.18. The third-order valence-electron chi connectivity index (χ3n) is 3.06. The van der Waals surface area contributed by atoms with Crippen molar-refractivity contribution < 1.29 is 18.3 Å². The van der Waals surface area contributed by atoms with Gasteiger partial charge in [-0.15, -0.1) is 0 Å². The molecule has 0 spiro atoms. The fourth-order valence-corrected chi connectivity index (χ4v) is 4.08. The first-order chi connectivity index (χ1) is 11.3. The predicted molar refractivity (Wildman–Crippen MR) is 92.8 cm³/mol. The maximum absolute atomic E-state index is 12.6. The minimum absolute atomic E-state index is 0.0836. The lowest BCUT2D eigenvalue weighted by Crippen LogP contribution is -2.13. The molecule has 24 heavy (non-hydrogen) atoms. The molecule has 0 saturated carbocycles. The number of fused-ring (bicyclic) bond motifs is 1. The zero-order valence-electron chi connectivity index (χ0n) is 14.5. The van der Waals surface area contributed by atoms with Gasteiger partial charge in [0.2, 0.25) is 0 Å². The van der Waals surface area contributed by atoms with Gasteiger partial charge in [-0.3, -0.25) is 4.57 Å². The number of aromatic nitrogens is 3. The molecule has 2 aromatic rings. The Kier molecular flexibility index (Phi) is 6.34. The Hall–Kier alpha value is -1.47. The number of ether oxygens (including phenoxy) is 1. The van der Waals surface area contributed by atoms with Crippen molar-refractivity contribution in [3.63, 3.8) is 0 Å². The second kappa shape index (κ2) is 8.07. The highest BCUT2D eigenvalue weighted by molar-refractivity contribution is 7.53. The maximum atomic E-state index is 12.6. The average Bonchev–Trinajstić information content (AvgIpc) is 2.86. The van der Waals surface area contributed by atoms with Gasteiger partial charge in [0.1, 0.15) is 24.1 Å². The van der Waals surface area contributed by atoms with Crippen LogP contribution in [0.4, 0.5) is 5.82 Å². The summed E-state index contributed by atoms with van der Waals surface area (Å²) in [5.41, 5.74) is 6.55. The van der Waals surface area contributed by atoms with Crippen LogP contribution in [0.5, 0.6) is 0 Å². The van der Waals surface area contributed by atoms with Gasteiger partial charge in [-0.2, -0.15) is 0 Å². The van der Waals surface area contributed by atoms with Crippen molar-refractivity contribution in [1.82, 2.24) is 14.5 Å². The third kappa shape index (κ3) is 5.01. The van der Waals surface area contributed by atoms with Crippen molar-refractivity contribution in [2.24, 2.45) is 0 Å². The van der Waals surface area contributed by atoms with E-state index in [1.54, 1.807) is 0 Å². The van der Waals surface area contributed by atoms with Crippen molar-refractivity contribution >= 4 is 24.4 Å². The van der Waals surface area contributed by atoms with Crippen LogP contribution >= 0.6 is 7.60 Å². The largest absolute Gasteiger partial charge is 0.383 e. The summed E-state index contributed by atoms with van der Waals surface area (Å²) in [5.74, 6) is 0.444. The highest BCUT2D eigenvalue weighted by Gasteiger charge is 2.28. The highest BCUT2D eigenvalue weighted by atomic mass is 31.2. The zero-order valence-corrected chi connectivity index (χ0v) is 15.4. The molecule has 9 heteroatoms. The number of rotatable bonds is 9. The van der Waals surface area contributed by atoms with Crippen LogP contribution in [0.15, 0.2) is 18.6 Å². The van der Waals surface area contributed by atoms with E-state index in [-0.39, 0.29) is 18.6 Å². The molecule has 0 aliphatic heterocycles. The smallest absolute Gasteiger partial charge is 0.356 e. The van der Waals surface area contributed by atoms with E-state index < -0.39 is 7.60 Å². The monoisotopic (exact) mass is 356 g/mol. The van der Waals surface area contributed by atoms with E-state index in [1.165, 1.54) is 6.33 Å². The van der Waals surface area contributed by atoms with Gasteiger partial charge in [-0.25, -0.2) is 9.97 Å². The van der Waals surface area contributed by atoms with Gasteiger partial charge in [0.05, 0.1) is 24.2 Å². The molecule has 0 aliphatic carbocycles. The Morgan fingerprint density at radius 1 is 1.21 bits per heavy atom. The molecule has 2 heterocycles. The van der Waals surface area contributed by atoms with E-state index in [2.05, 4.69) is 9.97 Å². The fourth-order valence-electron chi connectivity index (χ4n) is 2.27. The van der Waals surface area contributed by atoms with Crippen LogP contribution in [0.25, 0.3) is 11.0 Å². The molecule has 0 fully saturated rings. The predicted octanol–water partition coefficient (Wildman–Crippen LogP) is 3.03. The zero-order chi connectivity index (χ0) is 17.7. The highest BCUT2D eigenvalue weighted by Crippen LogP contribution is 2.50. The molecular formula is C15H25N4O4P. The first-order valence-corrected chi connectivity index (χ1v) is 9.62. The van der Waals surface area contributed by atoms with E-state index in [9.17, 15) is 4.57 Å². The van der Waals surface area contributed by atoms with Crippen LogP contribution in [-0.2, 0) is 24.9 Å². The molecule has 0 aromatic carbocycles. The average molecular weight is 356 g/mol. The fraction of sp³-hybridized carbons (Fsp3) is 0.600. The number of hydrogen-bond donors (Lipinski definition) is 1. The van der Waals surface area contributed by atoms with Crippen molar-refractivity contribution in [2.45, 2.75) is 46.4 Å². The van der Waals surface area contributed by atoms with E-state index >= 15 is 0 Å². The van der Waals surface area contributed by atoms with Crippen molar-refractivity contribution in [2.75, 3.05) is 18.7 Å². The van der Waals surface area contributed by atoms with Crippen LogP contribution in [0.2, 0.25) is 0 Å². The van der Waals surface area contributed by atoms with Gasteiger partial charge in [0.15, 0.2) is 0 Å². The molecule has 0 saturated heterocycles. The Labute approximate surface area is 141 Å². The number of nitrogen functional groups attached to an aromatic ring is 1. The third-order valence-corrected chi connectivity index (χ3v) is 5.04. The minimum atomic E-state index is -3.27. The Bertz CT molecular complexity index is 703. The SMILES string of the molecule is CC(C)OP(=O)(COCCn1ccc2c(N)ncnc21)OC(C)C. The molecule has 0 radical (unpaired) electrons. The molecule has 0 bridgehead atoms. The Morgan fingerprint density at radius 2 is 1.88 bits per heavy atom. The second-order valence-corrected chi connectivity index (χ2v) is 7.86. The Morgan fingerprint density at radius 3 is 2.50 bits per heavy atom. The van der Waals surface area contributed by atoms with E-state index in [4.69, 9.17) is 19.5 Å². The summed E-state index contributed by atoms with van der Waals surface area (Å²) in [6.07, 6.45) is 2.81. The molecule has 134 valence electrons. The minimum Gasteiger partial charge on any atom is -0.383 e. The van der Waals surface area contributed by atoms with Crippen LogP contribution in [0, 0.1) is 0 Å². The van der Waals surface area contributed by atoms with Crippen molar-refractivity contribution in [3.05, 3.63) is 18.6 Å². The second-order valence-electron chi connectivity index (χ2n) is 5.96. The molecule has 0 unspecified atom stereocenters. The molecule has 2 rings (SSSR count).